The van der Waals surface area contributed by atoms with Crippen molar-refractivity contribution in [2.45, 2.75) is 65.8 Å². The molecule has 0 aromatic heterocycles. The Bertz CT molecular complexity index is 666. The molecule has 0 unspecified atom stereocenters. The number of hydrogen-bond donors (Lipinski definition) is 0. The van der Waals surface area contributed by atoms with Crippen LogP contribution in [0.1, 0.15) is 54.0 Å². The zero-order chi connectivity index (χ0) is 19.5. The Labute approximate surface area is 161 Å². The molecule has 2 rings (SSSR count). The standard InChI is InChI=1S/C20H29BO4S/c1-14(2)23-18-11-9-8-10-16(18)12-17(13-26-15(3)22)21-24-19(4,5)20(6,7)25-21/h8-12,14H,13H2,1-7H3. The summed E-state index contributed by atoms with van der Waals surface area (Å²) in [6, 6.07) is 7.88. The number of hydrogen-bond acceptors (Lipinski definition) is 5. The van der Waals surface area contributed by atoms with Gasteiger partial charge in [-0.25, -0.2) is 0 Å². The predicted molar refractivity (Wildman–Crippen MR) is 109 cm³/mol. The first-order chi connectivity index (χ1) is 12.0. The van der Waals surface area contributed by atoms with E-state index in [0.717, 1.165) is 16.8 Å². The molecule has 1 heterocycles. The average molecular weight is 376 g/mol. The third-order valence-electron chi connectivity index (χ3n) is 4.62. The molecule has 6 heteroatoms. The summed E-state index contributed by atoms with van der Waals surface area (Å²) >= 11 is 1.26. The van der Waals surface area contributed by atoms with Gasteiger partial charge in [-0.1, -0.05) is 36.0 Å². The second-order valence-corrected chi connectivity index (χ2v) is 8.94. The summed E-state index contributed by atoms with van der Waals surface area (Å²) in [5, 5.41) is 0.0686. The van der Waals surface area contributed by atoms with Crippen LogP contribution >= 0.6 is 11.8 Å². The Hall–Kier alpha value is -1.24. The molecule has 4 nitrogen and oxygen atoms in total. The lowest BCUT2D eigenvalue weighted by molar-refractivity contribution is -0.109. The molecule has 0 bridgehead atoms. The van der Waals surface area contributed by atoms with Crippen molar-refractivity contribution in [2.75, 3.05) is 5.75 Å². The van der Waals surface area contributed by atoms with E-state index >= 15 is 0 Å². The van der Waals surface area contributed by atoms with Gasteiger partial charge in [0.2, 0.25) is 0 Å². The monoisotopic (exact) mass is 376 g/mol. The molecule has 0 aliphatic carbocycles. The van der Waals surface area contributed by atoms with E-state index in [1.807, 2.05) is 71.9 Å². The Morgan fingerprint density at radius 2 is 1.77 bits per heavy atom. The van der Waals surface area contributed by atoms with Gasteiger partial charge >= 0.3 is 7.12 Å². The molecule has 0 radical (unpaired) electrons. The van der Waals surface area contributed by atoms with Gasteiger partial charge < -0.3 is 14.0 Å². The topological polar surface area (TPSA) is 44.8 Å². The van der Waals surface area contributed by atoms with Crippen molar-refractivity contribution in [2.24, 2.45) is 0 Å². The van der Waals surface area contributed by atoms with Crippen LogP contribution in [-0.2, 0) is 14.1 Å². The van der Waals surface area contributed by atoms with Gasteiger partial charge in [-0.15, -0.1) is 0 Å². The lowest BCUT2D eigenvalue weighted by Gasteiger charge is -2.32. The molecule has 0 atom stereocenters. The summed E-state index contributed by atoms with van der Waals surface area (Å²) in [6.07, 6.45) is 2.10. The Kier molecular flexibility index (Phi) is 6.64. The van der Waals surface area contributed by atoms with Gasteiger partial charge in [0.1, 0.15) is 5.75 Å². The molecule has 1 aromatic carbocycles. The molecule has 1 aliphatic heterocycles. The molecule has 26 heavy (non-hydrogen) atoms. The van der Waals surface area contributed by atoms with Crippen molar-refractivity contribution in [3.05, 3.63) is 35.3 Å². The molecule has 0 amide bonds. The SMILES string of the molecule is CC(=O)SCC(=Cc1ccccc1OC(C)C)B1OC(C)(C)C(C)(C)O1. The van der Waals surface area contributed by atoms with Crippen molar-refractivity contribution < 1.29 is 18.8 Å². The van der Waals surface area contributed by atoms with Gasteiger partial charge in [-0.2, -0.15) is 0 Å². The van der Waals surface area contributed by atoms with Gasteiger partial charge in [0.15, 0.2) is 5.12 Å². The third-order valence-corrected chi connectivity index (χ3v) is 5.50. The molecule has 1 fully saturated rings. The van der Waals surface area contributed by atoms with Crippen LogP contribution < -0.4 is 4.74 Å². The molecule has 0 spiro atoms. The normalized spacial score (nSPS) is 19.1. The van der Waals surface area contributed by atoms with Crippen molar-refractivity contribution in [3.63, 3.8) is 0 Å². The number of para-hydroxylation sites is 1. The van der Waals surface area contributed by atoms with Crippen LogP contribution in [0.4, 0.5) is 0 Å². The Morgan fingerprint density at radius 3 is 2.31 bits per heavy atom. The highest BCUT2D eigenvalue weighted by Gasteiger charge is 2.52. The van der Waals surface area contributed by atoms with Gasteiger partial charge in [0.05, 0.1) is 17.3 Å². The molecule has 1 saturated heterocycles. The quantitative estimate of drug-likeness (QED) is 0.670. The number of thioether (sulfide) groups is 1. The number of ether oxygens (including phenoxy) is 1. The fourth-order valence-electron chi connectivity index (χ4n) is 2.52. The number of benzene rings is 1. The van der Waals surface area contributed by atoms with Crippen LogP contribution in [0.25, 0.3) is 6.08 Å². The van der Waals surface area contributed by atoms with Crippen molar-refractivity contribution in [1.29, 1.82) is 0 Å². The zero-order valence-corrected chi connectivity index (χ0v) is 17.6. The minimum Gasteiger partial charge on any atom is -0.490 e. The van der Waals surface area contributed by atoms with Crippen LogP contribution in [0.15, 0.2) is 29.7 Å². The number of carbonyl (C=O) groups excluding carboxylic acids is 1. The molecule has 0 saturated carbocycles. The zero-order valence-electron chi connectivity index (χ0n) is 16.8. The summed E-state index contributed by atoms with van der Waals surface area (Å²) < 4.78 is 18.3. The van der Waals surface area contributed by atoms with E-state index in [-0.39, 0.29) is 11.2 Å². The molecular formula is C20H29BO4S. The smallest absolute Gasteiger partial charge is 0.490 e. The summed E-state index contributed by atoms with van der Waals surface area (Å²) in [6.45, 7) is 13.7. The molecule has 1 aliphatic rings. The largest absolute Gasteiger partial charge is 0.491 e. The van der Waals surface area contributed by atoms with Gasteiger partial charge in [-0.05, 0) is 53.1 Å². The van der Waals surface area contributed by atoms with Crippen LogP contribution in [-0.4, -0.2) is 35.3 Å². The Morgan fingerprint density at radius 1 is 1.19 bits per heavy atom. The van der Waals surface area contributed by atoms with Crippen molar-refractivity contribution >= 4 is 30.1 Å². The summed E-state index contributed by atoms with van der Waals surface area (Å²) in [5.74, 6) is 1.33. The van der Waals surface area contributed by atoms with E-state index in [1.54, 1.807) is 6.92 Å². The maximum atomic E-state index is 11.5. The van der Waals surface area contributed by atoms with E-state index in [4.69, 9.17) is 14.0 Å². The molecule has 0 N–H and O–H groups in total. The van der Waals surface area contributed by atoms with Crippen LogP contribution in [0.3, 0.4) is 0 Å². The van der Waals surface area contributed by atoms with E-state index in [9.17, 15) is 4.79 Å². The maximum absolute atomic E-state index is 11.5. The van der Waals surface area contributed by atoms with Gasteiger partial charge in [-0.3, -0.25) is 4.79 Å². The first-order valence-corrected chi connectivity index (χ1v) is 9.95. The first kappa shape index (κ1) is 21.1. The first-order valence-electron chi connectivity index (χ1n) is 8.97. The lowest BCUT2D eigenvalue weighted by atomic mass is 9.78. The van der Waals surface area contributed by atoms with E-state index < -0.39 is 18.3 Å². The Balaban J connectivity index is 2.37. The summed E-state index contributed by atoms with van der Waals surface area (Å²) in [7, 11) is -0.487. The minimum atomic E-state index is -0.487. The second-order valence-electron chi connectivity index (χ2n) is 7.79. The van der Waals surface area contributed by atoms with E-state index in [1.165, 1.54) is 11.8 Å². The lowest BCUT2D eigenvalue weighted by Crippen LogP contribution is -2.41. The maximum Gasteiger partial charge on any atom is 0.491 e. The average Bonchev–Trinajstić information content (AvgIpc) is 2.72. The highest BCUT2D eigenvalue weighted by Crippen LogP contribution is 2.39. The van der Waals surface area contributed by atoms with Crippen molar-refractivity contribution in [1.82, 2.24) is 0 Å². The van der Waals surface area contributed by atoms with E-state index in [2.05, 4.69) is 0 Å². The van der Waals surface area contributed by atoms with Crippen LogP contribution in [0, 0.1) is 0 Å². The highest BCUT2D eigenvalue weighted by atomic mass is 32.2. The summed E-state index contributed by atoms with van der Waals surface area (Å²) in [4.78, 5) is 11.5. The van der Waals surface area contributed by atoms with Crippen molar-refractivity contribution in [3.8, 4) is 5.75 Å². The van der Waals surface area contributed by atoms with Crippen LogP contribution in [0.2, 0.25) is 0 Å². The number of rotatable bonds is 6. The fourth-order valence-corrected chi connectivity index (χ4v) is 3.11. The molecule has 1 aromatic rings. The van der Waals surface area contributed by atoms with Gasteiger partial charge in [0, 0.05) is 18.2 Å². The van der Waals surface area contributed by atoms with Crippen LogP contribution in [0.5, 0.6) is 5.75 Å². The predicted octanol–water partition coefficient (Wildman–Crippen LogP) is 4.77. The molecular weight excluding hydrogens is 347 g/mol. The van der Waals surface area contributed by atoms with E-state index in [0.29, 0.717) is 5.75 Å². The molecule has 142 valence electrons. The second kappa shape index (κ2) is 8.20. The minimum absolute atomic E-state index is 0.0686. The number of carbonyl (C=O) groups is 1. The van der Waals surface area contributed by atoms with Gasteiger partial charge in [0.25, 0.3) is 0 Å². The fraction of sp³-hybridized carbons (Fsp3) is 0.550. The third kappa shape index (κ3) is 5.15. The highest BCUT2D eigenvalue weighted by molar-refractivity contribution is 8.13. The summed E-state index contributed by atoms with van der Waals surface area (Å²) in [5.41, 5.74) is 1.02.